The largest absolute Gasteiger partial charge is 0.550 e. The third-order valence-corrected chi connectivity index (χ3v) is 5.82. The van der Waals surface area contributed by atoms with Gasteiger partial charge >= 0.3 is 6.08 Å². The molecule has 2 rings (SSSR count). The molecule has 0 unspecified atom stereocenters. The predicted molar refractivity (Wildman–Crippen MR) is 140 cm³/mol. The van der Waals surface area contributed by atoms with Crippen LogP contribution in [0.2, 0.25) is 0 Å². The van der Waals surface area contributed by atoms with Crippen molar-refractivity contribution in [3.8, 4) is 6.08 Å². The third-order valence-electron chi connectivity index (χ3n) is 5.53. The fourth-order valence-corrected chi connectivity index (χ4v) is 3.70. The molecule has 1 aromatic heterocycles. The highest BCUT2D eigenvalue weighted by molar-refractivity contribution is 7.80. The van der Waals surface area contributed by atoms with Crippen molar-refractivity contribution in [1.29, 1.82) is 0 Å². The van der Waals surface area contributed by atoms with E-state index in [0.29, 0.717) is 11.1 Å². The summed E-state index contributed by atoms with van der Waals surface area (Å²) in [6.07, 6.45) is 17.1. The third kappa shape index (κ3) is 15.8. The number of carboxylic acid groups (broad SMARTS) is 1. The second kappa shape index (κ2) is 20.4. The van der Waals surface area contributed by atoms with Crippen LogP contribution < -0.4 is 15.2 Å². The standard InChI is InChI=1S/C16H35N.C11H9NO4S/c1-3-5-7-9-11-13-15-17-16-14-12-10-8-6-4-2;13-9(14)5-6-10(17)16-11-12-7-3-1-2-4-8(7)15-11/h17H,3-16H2,1-2H3;1-4H,5-6H2,(H,13,14). The molecular weight excluding hydrogens is 448 g/mol. The van der Waals surface area contributed by atoms with Gasteiger partial charge in [0.2, 0.25) is 0 Å². The molecule has 0 saturated carbocycles. The van der Waals surface area contributed by atoms with Crippen LogP contribution in [0.5, 0.6) is 6.08 Å². The van der Waals surface area contributed by atoms with Crippen molar-refractivity contribution in [1.82, 2.24) is 4.98 Å². The van der Waals surface area contributed by atoms with Crippen LogP contribution in [-0.4, -0.2) is 29.1 Å². The zero-order valence-electron chi connectivity index (χ0n) is 21.2. The number of thiocarbonyl (C=S) groups is 1. The van der Waals surface area contributed by atoms with Gasteiger partial charge in [0, 0.05) is 12.4 Å². The number of carbonyl (C=O) groups is 1. The summed E-state index contributed by atoms with van der Waals surface area (Å²) in [5.41, 5.74) is 1.25. The highest BCUT2D eigenvalue weighted by Gasteiger charge is 2.08. The summed E-state index contributed by atoms with van der Waals surface area (Å²) in [6.45, 7) is 7.30. The van der Waals surface area contributed by atoms with Gasteiger partial charge in [-0.25, -0.2) is 0 Å². The fourth-order valence-electron chi connectivity index (χ4n) is 3.53. The Morgan fingerprint density at radius 2 is 1.47 bits per heavy atom. The number of nitrogens with two attached hydrogens (primary N) is 1. The lowest BCUT2D eigenvalue weighted by atomic mass is 10.1. The van der Waals surface area contributed by atoms with Crippen LogP contribution in [0.3, 0.4) is 0 Å². The number of oxazole rings is 1. The van der Waals surface area contributed by atoms with Gasteiger partial charge in [-0.3, -0.25) is 0 Å². The molecule has 0 fully saturated rings. The maximum absolute atomic E-state index is 10.2. The van der Waals surface area contributed by atoms with E-state index in [1.807, 2.05) is 12.1 Å². The quantitative estimate of drug-likeness (QED) is 0.223. The van der Waals surface area contributed by atoms with E-state index >= 15 is 0 Å². The van der Waals surface area contributed by atoms with E-state index in [1.54, 1.807) is 12.1 Å². The number of carbonyl (C=O) groups excluding carboxylic acids is 1. The highest BCUT2D eigenvalue weighted by Crippen LogP contribution is 2.20. The lowest BCUT2D eigenvalue weighted by Gasteiger charge is -2.02. The first-order valence-electron chi connectivity index (χ1n) is 13.1. The number of para-hydroxylation sites is 2. The number of nitrogens with zero attached hydrogens (tertiary/aromatic N) is 1. The summed E-state index contributed by atoms with van der Waals surface area (Å²) >= 11 is 4.85. The molecule has 1 heterocycles. The van der Waals surface area contributed by atoms with Crippen molar-refractivity contribution in [3.05, 3.63) is 24.3 Å². The second-order valence-corrected chi connectivity index (χ2v) is 9.15. The first-order chi connectivity index (χ1) is 16.6. The van der Waals surface area contributed by atoms with E-state index in [1.165, 1.54) is 90.1 Å². The predicted octanol–water partition coefficient (Wildman–Crippen LogP) is 5.33. The van der Waals surface area contributed by atoms with Gasteiger partial charge < -0.3 is 24.4 Å². The van der Waals surface area contributed by atoms with Crippen molar-refractivity contribution in [3.63, 3.8) is 0 Å². The van der Waals surface area contributed by atoms with Gasteiger partial charge in [0.1, 0.15) is 5.52 Å². The van der Waals surface area contributed by atoms with Crippen LogP contribution in [0.25, 0.3) is 11.1 Å². The van der Waals surface area contributed by atoms with Gasteiger partial charge in [-0.05, 0) is 56.5 Å². The van der Waals surface area contributed by atoms with Crippen molar-refractivity contribution >= 4 is 34.3 Å². The molecule has 2 N–H and O–H groups in total. The Morgan fingerprint density at radius 3 is 2.03 bits per heavy atom. The Bertz CT molecular complexity index is 747. The molecule has 2 aromatic rings. The minimum absolute atomic E-state index is 0.0227. The molecule has 0 aliphatic rings. The molecule has 0 bridgehead atoms. The van der Waals surface area contributed by atoms with Crippen molar-refractivity contribution < 1.29 is 24.4 Å². The number of aliphatic carboxylic acids is 1. The molecule has 0 amide bonds. The Morgan fingerprint density at radius 1 is 0.912 bits per heavy atom. The summed E-state index contributed by atoms with van der Waals surface area (Å²) in [4.78, 5) is 14.3. The minimum Gasteiger partial charge on any atom is -0.550 e. The highest BCUT2D eigenvalue weighted by atomic mass is 32.1. The number of aromatic nitrogens is 1. The summed E-state index contributed by atoms with van der Waals surface area (Å²) in [7, 11) is 0. The zero-order chi connectivity index (χ0) is 24.9. The van der Waals surface area contributed by atoms with E-state index in [4.69, 9.17) is 21.4 Å². The number of quaternary nitrogens is 1. The summed E-state index contributed by atoms with van der Waals surface area (Å²) in [5.74, 6) is -1.17. The van der Waals surface area contributed by atoms with Crippen LogP contribution in [0.4, 0.5) is 0 Å². The van der Waals surface area contributed by atoms with Gasteiger partial charge in [0.25, 0.3) is 0 Å². The molecule has 1 aromatic carbocycles. The molecule has 192 valence electrons. The number of fused-ring (bicyclic) bond motifs is 1. The normalized spacial score (nSPS) is 10.6. The molecule has 0 spiro atoms. The Kier molecular flexibility index (Phi) is 18.0. The van der Waals surface area contributed by atoms with E-state index in [9.17, 15) is 9.90 Å². The maximum Gasteiger partial charge on any atom is 0.400 e. The summed E-state index contributed by atoms with van der Waals surface area (Å²) in [6, 6.07) is 7.16. The molecule has 0 radical (unpaired) electrons. The second-order valence-electron chi connectivity index (χ2n) is 8.70. The Balaban J connectivity index is 0.000000340. The topological polar surface area (TPSA) is 92.0 Å². The number of hydrogen-bond acceptors (Lipinski definition) is 6. The first-order valence-corrected chi connectivity index (χ1v) is 13.5. The van der Waals surface area contributed by atoms with Gasteiger partial charge in [0.15, 0.2) is 10.6 Å². The van der Waals surface area contributed by atoms with Gasteiger partial charge in [-0.1, -0.05) is 77.3 Å². The minimum atomic E-state index is -1.17. The van der Waals surface area contributed by atoms with E-state index in [0.717, 1.165) is 0 Å². The molecule has 34 heavy (non-hydrogen) atoms. The number of benzene rings is 1. The van der Waals surface area contributed by atoms with Gasteiger partial charge in [-0.15, -0.1) is 0 Å². The molecular formula is C27H44N2O4S. The van der Waals surface area contributed by atoms with E-state index < -0.39 is 5.97 Å². The lowest BCUT2D eigenvalue weighted by molar-refractivity contribution is -0.655. The number of ether oxygens (including phenoxy) is 1. The fraction of sp³-hybridized carbons (Fsp3) is 0.667. The van der Waals surface area contributed by atoms with Crippen LogP contribution in [-0.2, 0) is 4.79 Å². The summed E-state index contributed by atoms with van der Waals surface area (Å²) in [5, 5.41) is 12.9. The number of unbranched alkanes of at least 4 members (excludes halogenated alkanes) is 10. The van der Waals surface area contributed by atoms with Crippen LogP contribution in [0.1, 0.15) is 104 Å². The molecule has 7 heteroatoms. The van der Waals surface area contributed by atoms with Crippen molar-refractivity contribution in [2.45, 2.75) is 104 Å². The first kappa shape index (κ1) is 30.0. The lowest BCUT2D eigenvalue weighted by Crippen LogP contribution is -2.84. The smallest absolute Gasteiger partial charge is 0.400 e. The average Bonchev–Trinajstić information content (AvgIpc) is 3.23. The van der Waals surface area contributed by atoms with Crippen molar-refractivity contribution in [2.24, 2.45) is 0 Å². The van der Waals surface area contributed by atoms with E-state index in [-0.39, 0.29) is 24.0 Å². The van der Waals surface area contributed by atoms with Crippen molar-refractivity contribution in [2.75, 3.05) is 13.1 Å². The number of hydrogen-bond donors (Lipinski definition) is 1. The summed E-state index contributed by atoms with van der Waals surface area (Å²) < 4.78 is 10.4. The Hall–Kier alpha value is -1.99. The average molecular weight is 493 g/mol. The van der Waals surface area contributed by atoms with Gasteiger partial charge in [-0.2, -0.15) is 4.98 Å². The molecule has 6 nitrogen and oxygen atoms in total. The zero-order valence-corrected chi connectivity index (χ0v) is 22.0. The molecule has 0 atom stereocenters. The number of carboxylic acids is 1. The Labute approximate surface area is 210 Å². The SMILES string of the molecule is CCCCCCCC[NH2+]CCCCCCCC.O=C([O-])CCC(=S)Oc1nc2ccccc2o1. The number of rotatable bonds is 18. The monoisotopic (exact) mass is 492 g/mol. The molecule has 0 aliphatic carbocycles. The maximum atomic E-state index is 10.2. The van der Waals surface area contributed by atoms with Crippen LogP contribution >= 0.6 is 12.2 Å². The molecule has 0 aliphatic heterocycles. The van der Waals surface area contributed by atoms with E-state index in [2.05, 4.69) is 24.1 Å². The van der Waals surface area contributed by atoms with Crippen LogP contribution in [0.15, 0.2) is 28.7 Å². The molecule has 0 saturated heterocycles. The van der Waals surface area contributed by atoms with Gasteiger partial charge in [0.05, 0.1) is 13.1 Å². The van der Waals surface area contributed by atoms with Crippen LogP contribution in [0, 0.1) is 0 Å².